The van der Waals surface area contributed by atoms with Crippen LogP contribution in [-0.4, -0.2) is 43.0 Å². The fourth-order valence-electron chi connectivity index (χ4n) is 2.10. The van der Waals surface area contributed by atoms with Crippen molar-refractivity contribution in [2.24, 2.45) is 5.92 Å². The van der Waals surface area contributed by atoms with Crippen LogP contribution in [0.3, 0.4) is 0 Å². The van der Waals surface area contributed by atoms with E-state index in [-0.39, 0.29) is 6.23 Å². The molecule has 0 saturated carbocycles. The van der Waals surface area contributed by atoms with Crippen molar-refractivity contribution in [1.29, 1.82) is 0 Å². The molecular formula is C12H25NO2. The van der Waals surface area contributed by atoms with Gasteiger partial charge in [-0.1, -0.05) is 13.3 Å². The van der Waals surface area contributed by atoms with Crippen LogP contribution in [0.2, 0.25) is 0 Å². The maximum atomic E-state index is 9.78. The van der Waals surface area contributed by atoms with Crippen LogP contribution < -0.4 is 0 Å². The van der Waals surface area contributed by atoms with Crippen LogP contribution >= 0.6 is 0 Å². The lowest BCUT2D eigenvalue weighted by atomic mass is 10.0. The van der Waals surface area contributed by atoms with E-state index in [9.17, 15) is 5.11 Å². The van der Waals surface area contributed by atoms with E-state index in [2.05, 4.69) is 6.92 Å². The topological polar surface area (TPSA) is 32.7 Å². The summed E-state index contributed by atoms with van der Waals surface area (Å²) < 4.78 is 5.50. The first kappa shape index (κ1) is 12.9. The molecule has 1 N–H and O–H groups in total. The number of likely N-dealkylation sites (tertiary alicyclic amines) is 1. The van der Waals surface area contributed by atoms with Crippen LogP contribution in [-0.2, 0) is 4.74 Å². The van der Waals surface area contributed by atoms with Crippen LogP contribution in [0, 0.1) is 5.92 Å². The summed E-state index contributed by atoms with van der Waals surface area (Å²) in [4.78, 5) is 2.03. The van der Waals surface area contributed by atoms with Gasteiger partial charge in [0.2, 0.25) is 0 Å². The van der Waals surface area contributed by atoms with Crippen LogP contribution in [0.15, 0.2) is 0 Å². The quantitative estimate of drug-likeness (QED) is 0.658. The number of nitrogens with zero attached hydrogens (tertiary/aromatic N) is 1. The zero-order valence-electron chi connectivity index (χ0n) is 10.1. The molecule has 0 bridgehead atoms. The Morgan fingerprint density at radius 3 is 2.67 bits per heavy atom. The summed E-state index contributed by atoms with van der Waals surface area (Å²) in [6, 6.07) is 0. The van der Waals surface area contributed by atoms with Crippen molar-refractivity contribution in [3.63, 3.8) is 0 Å². The van der Waals surface area contributed by atoms with Gasteiger partial charge < -0.3 is 9.84 Å². The number of aliphatic hydroxyl groups excluding tert-OH is 1. The van der Waals surface area contributed by atoms with Gasteiger partial charge in [-0.3, -0.25) is 4.90 Å². The molecule has 1 heterocycles. The van der Waals surface area contributed by atoms with Crippen LogP contribution in [0.4, 0.5) is 0 Å². The molecule has 1 aliphatic heterocycles. The molecule has 2 unspecified atom stereocenters. The average Bonchev–Trinajstić information content (AvgIpc) is 2.54. The van der Waals surface area contributed by atoms with Crippen molar-refractivity contribution < 1.29 is 9.84 Å². The van der Waals surface area contributed by atoms with Crippen molar-refractivity contribution in [1.82, 2.24) is 4.90 Å². The summed E-state index contributed by atoms with van der Waals surface area (Å²) >= 11 is 0. The summed E-state index contributed by atoms with van der Waals surface area (Å²) in [5, 5.41) is 9.78. The third kappa shape index (κ3) is 4.49. The highest BCUT2D eigenvalue weighted by atomic mass is 16.5. The van der Waals surface area contributed by atoms with E-state index in [1.807, 2.05) is 11.9 Å². The van der Waals surface area contributed by atoms with Gasteiger partial charge in [-0.05, 0) is 38.6 Å². The predicted molar refractivity (Wildman–Crippen MR) is 61.7 cm³/mol. The van der Waals surface area contributed by atoms with Gasteiger partial charge in [0.1, 0.15) is 6.23 Å². The van der Waals surface area contributed by atoms with Gasteiger partial charge in [0.15, 0.2) is 0 Å². The Labute approximate surface area is 93.4 Å². The van der Waals surface area contributed by atoms with Crippen molar-refractivity contribution in [2.45, 2.75) is 45.3 Å². The second-order valence-electron chi connectivity index (χ2n) is 4.55. The number of hydrogen-bond donors (Lipinski definition) is 1. The van der Waals surface area contributed by atoms with E-state index in [4.69, 9.17) is 4.74 Å². The number of aliphatic hydroxyl groups is 1. The number of ether oxygens (including phenoxy) is 1. The molecule has 90 valence electrons. The predicted octanol–water partition coefficient (Wildman–Crippen LogP) is 1.85. The van der Waals surface area contributed by atoms with Gasteiger partial charge >= 0.3 is 0 Å². The molecule has 1 aliphatic rings. The third-order valence-corrected chi connectivity index (χ3v) is 3.23. The first-order valence-electron chi connectivity index (χ1n) is 6.21. The number of unbranched alkanes of at least 4 members (excludes halogenated alkanes) is 1. The molecule has 1 saturated heterocycles. The summed E-state index contributed by atoms with van der Waals surface area (Å²) in [5.41, 5.74) is 0. The monoisotopic (exact) mass is 215 g/mol. The third-order valence-electron chi connectivity index (χ3n) is 3.23. The average molecular weight is 215 g/mol. The van der Waals surface area contributed by atoms with Gasteiger partial charge in [-0.2, -0.15) is 0 Å². The van der Waals surface area contributed by atoms with E-state index < -0.39 is 0 Å². The van der Waals surface area contributed by atoms with E-state index in [0.29, 0.717) is 5.92 Å². The Morgan fingerprint density at radius 1 is 1.33 bits per heavy atom. The summed E-state index contributed by atoms with van der Waals surface area (Å²) in [6.07, 6.45) is 5.45. The molecule has 1 fully saturated rings. The Bertz CT molecular complexity index is 164. The lowest BCUT2D eigenvalue weighted by molar-refractivity contribution is 0.0177. The molecule has 3 heteroatoms. The van der Waals surface area contributed by atoms with Crippen molar-refractivity contribution >= 4 is 0 Å². The lowest BCUT2D eigenvalue weighted by Gasteiger charge is -2.18. The standard InChI is InChI=1S/C12H25NO2/c1-3-4-9-15-10-5-6-11-7-8-13(2)12(11)14/h11-12,14H,3-10H2,1-2H3. The Balaban J connectivity index is 1.96. The summed E-state index contributed by atoms with van der Waals surface area (Å²) in [5.74, 6) is 0.463. The molecule has 0 aliphatic carbocycles. The largest absolute Gasteiger partial charge is 0.381 e. The Kier molecular flexibility index (Phi) is 6.22. The molecule has 0 aromatic rings. The van der Waals surface area contributed by atoms with Crippen LogP contribution in [0.1, 0.15) is 39.0 Å². The maximum absolute atomic E-state index is 9.78. The molecular weight excluding hydrogens is 190 g/mol. The molecule has 0 aromatic heterocycles. The summed E-state index contributed by atoms with van der Waals surface area (Å²) in [7, 11) is 1.99. The Morgan fingerprint density at radius 2 is 2.07 bits per heavy atom. The van der Waals surface area contributed by atoms with Crippen LogP contribution in [0.5, 0.6) is 0 Å². The highest BCUT2D eigenvalue weighted by Crippen LogP contribution is 2.24. The molecule has 2 atom stereocenters. The second kappa shape index (κ2) is 7.20. The first-order valence-corrected chi connectivity index (χ1v) is 6.21. The maximum Gasteiger partial charge on any atom is 0.110 e. The molecule has 0 amide bonds. The molecule has 3 nitrogen and oxygen atoms in total. The normalized spacial score (nSPS) is 27.4. The molecule has 0 spiro atoms. The fraction of sp³-hybridized carbons (Fsp3) is 1.00. The second-order valence-corrected chi connectivity index (χ2v) is 4.55. The van der Waals surface area contributed by atoms with E-state index >= 15 is 0 Å². The smallest absolute Gasteiger partial charge is 0.110 e. The molecule has 15 heavy (non-hydrogen) atoms. The van der Waals surface area contributed by atoms with E-state index in [1.54, 1.807) is 0 Å². The minimum atomic E-state index is -0.222. The fourth-order valence-corrected chi connectivity index (χ4v) is 2.10. The minimum absolute atomic E-state index is 0.222. The number of hydrogen-bond acceptors (Lipinski definition) is 3. The summed E-state index contributed by atoms with van der Waals surface area (Å²) in [6.45, 7) is 4.95. The zero-order valence-corrected chi connectivity index (χ0v) is 10.1. The molecule has 0 radical (unpaired) electrons. The molecule has 1 rings (SSSR count). The van der Waals surface area contributed by atoms with Gasteiger partial charge in [-0.15, -0.1) is 0 Å². The van der Waals surface area contributed by atoms with Crippen molar-refractivity contribution in [2.75, 3.05) is 26.8 Å². The zero-order chi connectivity index (χ0) is 11.1. The van der Waals surface area contributed by atoms with Gasteiger partial charge in [0.25, 0.3) is 0 Å². The Hall–Kier alpha value is -0.120. The van der Waals surface area contributed by atoms with E-state index in [1.165, 1.54) is 6.42 Å². The number of rotatable bonds is 7. The lowest BCUT2D eigenvalue weighted by Crippen LogP contribution is -2.28. The van der Waals surface area contributed by atoms with Crippen molar-refractivity contribution in [3.8, 4) is 0 Å². The van der Waals surface area contributed by atoms with E-state index in [0.717, 1.165) is 45.4 Å². The van der Waals surface area contributed by atoms with Crippen LogP contribution in [0.25, 0.3) is 0 Å². The molecule has 0 aromatic carbocycles. The highest BCUT2D eigenvalue weighted by Gasteiger charge is 2.28. The highest BCUT2D eigenvalue weighted by molar-refractivity contribution is 4.76. The van der Waals surface area contributed by atoms with Gasteiger partial charge in [0.05, 0.1) is 0 Å². The van der Waals surface area contributed by atoms with Crippen molar-refractivity contribution in [3.05, 3.63) is 0 Å². The van der Waals surface area contributed by atoms with Gasteiger partial charge in [0, 0.05) is 19.8 Å². The minimum Gasteiger partial charge on any atom is -0.381 e. The van der Waals surface area contributed by atoms with Gasteiger partial charge in [-0.25, -0.2) is 0 Å². The SMILES string of the molecule is CCCCOCCCC1CCN(C)C1O. The first-order chi connectivity index (χ1) is 7.25.